The van der Waals surface area contributed by atoms with Gasteiger partial charge >= 0.3 is 0 Å². The van der Waals surface area contributed by atoms with Crippen molar-refractivity contribution in [2.75, 3.05) is 11.6 Å². The van der Waals surface area contributed by atoms with E-state index in [0.717, 1.165) is 27.2 Å². The Labute approximate surface area is 162 Å². The van der Waals surface area contributed by atoms with E-state index in [1.54, 1.807) is 6.08 Å². The van der Waals surface area contributed by atoms with E-state index in [-0.39, 0.29) is 0 Å². The van der Waals surface area contributed by atoms with Crippen molar-refractivity contribution in [3.05, 3.63) is 102 Å². The highest BCUT2D eigenvalue weighted by Crippen LogP contribution is 2.26. The van der Waals surface area contributed by atoms with Gasteiger partial charge in [0.15, 0.2) is 0 Å². The third kappa shape index (κ3) is 4.61. The molecule has 0 saturated carbocycles. The van der Waals surface area contributed by atoms with E-state index in [1.165, 1.54) is 0 Å². The van der Waals surface area contributed by atoms with Crippen LogP contribution in [0.25, 0.3) is 0 Å². The molecule has 3 rings (SSSR count). The maximum Gasteiger partial charge on any atom is 0.128 e. The van der Waals surface area contributed by atoms with Crippen LogP contribution in [0.5, 0.6) is 5.75 Å². The maximum absolute atomic E-state index is 5.74. The zero-order chi connectivity index (χ0) is 18.2. The quantitative estimate of drug-likeness (QED) is 0.265. The minimum absolute atomic E-state index is 0.448. The molecule has 0 N–H and O–H groups in total. The molecular formula is C22H19BrN2O. The van der Waals surface area contributed by atoms with Crippen LogP contribution in [-0.4, -0.2) is 12.8 Å². The number of anilines is 2. The lowest BCUT2D eigenvalue weighted by Crippen LogP contribution is -2.09. The second-order valence-electron chi connectivity index (χ2n) is 5.51. The number of hydrogen-bond acceptors (Lipinski definition) is 3. The van der Waals surface area contributed by atoms with Gasteiger partial charge in [0.2, 0.25) is 0 Å². The Morgan fingerprint density at radius 3 is 2.12 bits per heavy atom. The fourth-order valence-electron chi connectivity index (χ4n) is 2.44. The summed E-state index contributed by atoms with van der Waals surface area (Å²) in [4.78, 5) is 0. The molecule has 0 spiro atoms. The standard InChI is InChI=1S/C22H19BrN2O/c1-2-15-26-22-14-13-19(23)16-18(22)17-24-25(20-9-5-3-6-10-20)21-11-7-4-8-12-21/h2-14,16-17H,1,15H2/b24-17-. The van der Waals surface area contributed by atoms with E-state index in [2.05, 4.69) is 22.5 Å². The molecule has 0 aliphatic carbocycles. The number of ether oxygens (including phenoxy) is 1. The summed E-state index contributed by atoms with van der Waals surface area (Å²) >= 11 is 3.51. The molecule has 0 radical (unpaired) electrons. The third-order valence-electron chi connectivity index (χ3n) is 3.64. The van der Waals surface area contributed by atoms with Gasteiger partial charge in [-0.2, -0.15) is 5.10 Å². The van der Waals surface area contributed by atoms with Crippen LogP contribution < -0.4 is 9.75 Å². The second-order valence-corrected chi connectivity index (χ2v) is 6.42. The van der Waals surface area contributed by atoms with Crippen LogP contribution in [0.15, 0.2) is 101 Å². The van der Waals surface area contributed by atoms with E-state index >= 15 is 0 Å². The van der Waals surface area contributed by atoms with Crippen LogP contribution in [0, 0.1) is 0 Å². The number of nitrogens with zero attached hydrogens (tertiary/aromatic N) is 2. The molecule has 4 heteroatoms. The van der Waals surface area contributed by atoms with E-state index in [0.29, 0.717) is 6.61 Å². The molecule has 0 bridgehead atoms. The van der Waals surface area contributed by atoms with Gasteiger partial charge in [0.1, 0.15) is 12.4 Å². The van der Waals surface area contributed by atoms with Gasteiger partial charge in [-0.1, -0.05) is 65.0 Å². The van der Waals surface area contributed by atoms with Crippen LogP contribution in [0.1, 0.15) is 5.56 Å². The van der Waals surface area contributed by atoms with Crippen molar-refractivity contribution < 1.29 is 4.74 Å². The van der Waals surface area contributed by atoms with E-state index in [9.17, 15) is 0 Å². The van der Waals surface area contributed by atoms with Crippen molar-refractivity contribution in [3.63, 3.8) is 0 Å². The predicted octanol–water partition coefficient (Wildman–Crippen LogP) is 6.19. The predicted molar refractivity (Wildman–Crippen MR) is 112 cm³/mol. The Hall–Kier alpha value is -2.85. The normalized spacial score (nSPS) is 10.7. The maximum atomic E-state index is 5.74. The van der Waals surface area contributed by atoms with Crippen molar-refractivity contribution in [1.29, 1.82) is 0 Å². The van der Waals surface area contributed by atoms with Gasteiger partial charge in [-0.3, -0.25) is 0 Å². The number of benzene rings is 3. The molecule has 3 nitrogen and oxygen atoms in total. The first-order valence-electron chi connectivity index (χ1n) is 8.25. The summed E-state index contributed by atoms with van der Waals surface area (Å²) in [6.07, 6.45) is 3.53. The Balaban J connectivity index is 1.97. The molecule has 0 aliphatic rings. The molecule has 0 heterocycles. The number of halogens is 1. The Morgan fingerprint density at radius 2 is 1.54 bits per heavy atom. The molecule has 26 heavy (non-hydrogen) atoms. The lowest BCUT2D eigenvalue weighted by Gasteiger charge is -2.19. The third-order valence-corrected chi connectivity index (χ3v) is 4.14. The molecule has 130 valence electrons. The Morgan fingerprint density at radius 1 is 0.923 bits per heavy atom. The molecular weight excluding hydrogens is 388 g/mol. The van der Waals surface area contributed by atoms with Gasteiger partial charge in [0.05, 0.1) is 17.6 Å². The number of rotatable bonds is 7. The van der Waals surface area contributed by atoms with Crippen LogP contribution in [-0.2, 0) is 0 Å². The minimum atomic E-state index is 0.448. The highest BCUT2D eigenvalue weighted by Gasteiger charge is 2.08. The molecule has 3 aromatic carbocycles. The summed E-state index contributed by atoms with van der Waals surface area (Å²) in [5.41, 5.74) is 2.86. The average Bonchev–Trinajstić information content (AvgIpc) is 2.69. The molecule has 0 unspecified atom stereocenters. The van der Waals surface area contributed by atoms with Gasteiger partial charge in [-0.15, -0.1) is 0 Å². The van der Waals surface area contributed by atoms with Crippen molar-refractivity contribution in [1.82, 2.24) is 0 Å². The first-order chi connectivity index (χ1) is 12.8. The fraction of sp³-hybridized carbons (Fsp3) is 0.0455. The van der Waals surface area contributed by atoms with Crippen molar-refractivity contribution in [2.24, 2.45) is 5.10 Å². The zero-order valence-electron chi connectivity index (χ0n) is 14.3. The highest BCUT2D eigenvalue weighted by molar-refractivity contribution is 9.10. The largest absolute Gasteiger partial charge is 0.489 e. The smallest absolute Gasteiger partial charge is 0.128 e. The molecule has 0 fully saturated rings. The summed E-state index contributed by atoms with van der Waals surface area (Å²) in [6, 6.07) is 25.9. The zero-order valence-corrected chi connectivity index (χ0v) is 15.8. The summed E-state index contributed by atoms with van der Waals surface area (Å²) in [6.45, 7) is 4.15. The van der Waals surface area contributed by atoms with Crippen molar-refractivity contribution >= 4 is 33.5 Å². The topological polar surface area (TPSA) is 24.8 Å². The van der Waals surface area contributed by atoms with E-state index in [1.807, 2.05) is 90.1 Å². The summed E-state index contributed by atoms with van der Waals surface area (Å²) < 4.78 is 6.70. The van der Waals surface area contributed by atoms with Gasteiger partial charge < -0.3 is 4.74 Å². The number of hydrazone groups is 1. The Kier molecular flexibility index (Phi) is 6.23. The lowest BCUT2D eigenvalue weighted by molar-refractivity contribution is 0.362. The summed E-state index contributed by atoms with van der Waals surface area (Å²) in [5.74, 6) is 0.762. The average molecular weight is 407 g/mol. The summed E-state index contributed by atoms with van der Waals surface area (Å²) in [7, 11) is 0. The monoisotopic (exact) mass is 406 g/mol. The highest BCUT2D eigenvalue weighted by atomic mass is 79.9. The molecule has 0 aromatic heterocycles. The molecule has 0 atom stereocenters. The number of hydrogen-bond donors (Lipinski definition) is 0. The molecule has 0 amide bonds. The van der Waals surface area contributed by atoms with Crippen molar-refractivity contribution in [2.45, 2.75) is 0 Å². The molecule has 0 saturated heterocycles. The van der Waals surface area contributed by atoms with Gasteiger partial charge in [0.25, 0.3) is 0 Å². The van der Waals surface area contributed by atoms with Gasteiger partial charge in [0, 0.05) is 10.0 Å². The fourth-order valence-corrected chi connectivity index (χ4v) is 2.82. The first kappa shape index (κ1) is 18.0. The minimum Gasteiger partial charge on any atom is -0.489 e. The number of para-hydroxylation sites is 2. The van der Waals surface area contributed by atoms with Gasteiger partial charge in [-0.25, -0.2) is 5.01 Å². The van der Waals surface area contributed by atoms with Crippen LogP contribution >= 0.6 is 15.9 Å². The van der Waals surface area contributed by atoms with Crippen LogP contribution in [0.4, 0.5) is 11.4 Å². The second kappa shape index (κ2) is 9.02. The first-order valence-corrected chi connectivity index (χ1v) is 9.04. The van der Waals surface area contributed by atoms with Crippen molar-refractivity contribution in [3.8, 4) is 5.75 Å². The lowest BCUT2D eigenvalue weighted by atomic mass is 10.2. The van der Waals surface area contributed by atoms with Crippen LogP contribution in [0.2, 0.25) is 0 Å². The van der Waals surface area contributed by atoms with Crippen LogP contribution in [0.3, 0.4) is 0 Å². The molecule has 3 aromatic rings. The SMILES string of the molecule is C=CCOc1ccc(Br)cc1/C=N\N(c1ccccc1)c1ccccc1. The summed E-state index contributed by atoms with van der Waals surface area (Å²) in [5, 5.41) is 6.63. The van der Waals surface area contributed by atoms with E-state index < -0.39 is 0 Å². The van der Waals surface area contributed by atoms with E-state index in [4.69, 9.17) is 9.84 Å². The molecule has 0 aliphatic heterocycles. The Bertz CT molecular complexity index is 840. The van der Waals surface area contributed by atoms with Gasteiger partial charge in [-0.05, 0) is 42.5 Å².